The van der Waals surface area contributed by atoms with Crippen molar-refractivity contribution < 1.29 is 14.6 Å². The van der Waals surface area contributed by atoms with Crippen molar-refractivity contribution in [2.75, 3.05) is 7.11 Å². The molecule has 5 heteroatoms. The van der Waals surface area contributed by atoms with Gasteiger partial charge in [-0.2, -0.15) is 0 Å². The van der Waals surface area contributed by atoms with Crippen molar-refractivity contribution in [1.29, 1.82) is 0 Å². The molecule has 4 nitrogen and oxygen atoms in total. The van der Waals surface area contributed by atoms with E-state index in [-0.39, 0.29) is 0 Å². The predicted octanol–water partition coefficient (Wildman–Crippen LogP) is 2.99. The number of hydrogen-bond acceptors (Lipinski definition) is 3. The molecule has 1 heterocycles. The summed E-state index contributed by atoms with van der Waals surface area (Å²) >= 11 is 6.21. The van der Waals surface area contributed by atoms with Crippen LogP contribution in [0, 0.1) is 0 Å². The third-order valence-electron chi connectivity index (χ3n) is 2.44. The van der Waals surface area contributed by atoms with Crippen molar-refractivity contribution >= 4 is 34.5 Å². The fourth-order valence-corrected chi connectivity index (χ4v) is 1.82. The highest BCUT2D eigenvalue weighted by Crippen LogP contribution is 2.29. The quantitative estimate of drug-likeness (QED) is 0.865. The number of rotatable bonds is 3. The number of carbonyl (C=O) groups is 1. The molecular weight excluding hydrogens is 254 g/mol. The first-order chi connectivity index (χ1) is 8.61. The fraction of sp³-hybridized carbons (Fsp3) is 0.0769. The topological polar surface area (TPSA) is 59.4 Å². The molecule has 0 spiro atoms. The van der Waals surface area contributed by atoms with Gasteiger partial charge in [-0.05, 0) is 24.3 Å². The minimum Gasteiger partial charge on any atom is -0.497 e. The van der Waals surface area contributed by atoms with Crippen LogP contribution in [0.4, 0.5) is 0 Å². The summed E-state index contributed by atoms with van der Waals surface area (Å²) in [5.41, 5.74) is 1.29. The van der Waals surface area contributed by atoms with E-state index in [1.54, 1.807) is 25.3 Å². The van der Waals surface area contributed by atoms with Crippen LogP contribution in [0.25, 0.3) is 17.0 Å². The molecule has 0 atom stereocenters. The molecule has 0 unspecified atom stereocenters. The molecule has 0 aliphatic carbocycles. The molecule has 0 saturated carbocycles. The van der Waals surface area contributed by atoms with Crippen molar-refractivity contribution in [3.63, 3.8) is 0 Å². The zero-order valence-corrected chi connectivity index (χ0v) is 10.3. The van der Waals surface area contributed by atoms with Gasteiger partial charge in [0.2, 0.25) is 0 Å². The van der Waals surface area contributed by atoms with Gasteiger partial charge in [-0.1, -0.05) is 11.6 Å². The van der Waals surface area contributed by atoms with E-state index >= 15 is 0 Å². The largest absolute Gasteiger partial charge is 0.497 e. The molecule has 0 saturated heterocycles. The number of aliphatic carboxylic acids is 1. The minimum absolute atomic E-state index is 0.455. The lowest BCUT2D eigenvalue weighted by molar-refractivity contribution is -0.131. The molecule has 0 fully saturated rings. The van der Waals surface area contributed by atoms with E-state index in [4.69, 9.17) is 21.4 Å². The van der Waals surface area contributed by atoms with Gasteiger partial charge in [0.1, 0.15) is 5.75 Å². The number of fused-ring (bicyclic) bond motifs is 1. The summed E-state index contributed by atoms with van der Waals surface area (Å²) in [6.07, 6.45) is 3.97. The van der Waals surface area contributed by atoms with Crippen LogP contribution < -0.4 is 4.74 Å². The number of aromatic nitrogens is 1. The first-order valence-electron chi connectivity index (χ1n) is 5.15. The average molecular weight is 264 g/mol. The third-order valence-corrected chi connectivity index (χ3v) is 2.86. The van der Waals surface area contributed by atoms with E-state index in [2.05, 4.69) is 4.98 Å². The second kappa shape index (κ2) is 5.06. The number of benzene rings is 1. The maximum atomic E-state index is 10.5. The number of halogens is 1. The zero-order chi connectivity index (χ0) is 13.1. The van der Waals surface area contributed by atoms with Crippen molar-refractivity contribution in [3.05, 3.63) is 41.1 Å². The van der Waals surface area contributed by atoms with E-state index in [0.717, 1.165) is 17.0 Å². The van der Waals surface area contributed by atoms with E-state index in [1.165, 1.54) is 12.3 Å². The standard InChI is InChI=1S/C13H10ClNO3/c1-18-9-3-4-11-10(6-9)13(14)8(7-15-11)2-5-12(16)17/h2-7H,1H3,(H,16,17)/b5-2+. The predicted molar refractivity (Wildman–Crippen MR) is 70.0 cm³/mol. The van der Waals surface area contributed by atoms with Crippen LogP contribution in [-0.2, 0) is 4.79 Å². The Morgan fingerprint density at radius 2 is 2.28 bits per heavy atom. The summed E-state index contributed by atoms with van der Waals surface area (Å²) in [5.74, 6) is -0.359. The van der Waals surface area contributed by atoms with Crippen molar-refractivity contribution in [1.82, 2.24) is 4.98 Å². The fourth-order valence-electron chi connectivity index (χ4n) is 1.56. The Labute approximate surface area is 108 Å². The molecule has 18 heavy (non-hydrogen) atoms. The van der Waals surface area contributed by atoms with Crippen LogP contribution in [-0.4, -0.2) is 23.2 Å². The van der Waals surface area contributed by atoms with Crippen molar-refractivity contribution in [2.45, 2.75) is 0 Å². The molecule has 0 aliphatic heterocycles. The van der Waals surface area contributed by atoms with Gasteiger partial charge < -0.3 is 9.84 Å². The van der Waals surface area contributed by atoms with Gasteiger partial charge in [-0.3, -0.25) is 4.98 Å². The third kappa shape index (κ3) is 2.43. The highest BCUT2D eigenvalue weighted by atomic mass is 35.5. The minimum atomic E-state index is -1.03. The van der Waals surface area contributed by atoms with E-state index < -0.39 is 5.97 Å². The van der Waals surface area contributed by atoms with Crippen molar-refractivity contribution in [3.8, 4) is 5.75 Å². The molecule has 1 N–H and O–H groups in total. The normalized spacial score (nSPS) is 11.0. The summed E-state index contributed by atoms with van der Waals surface area (Å²) in [6.45, 7) is 0. The first kappa shape index (κ1) is 12.4. The highest BCUT2D eigenvalue weighted by molar-refractivity contribution is 6.36. The SMILES string of the molecule is COc1ccc2ncc(/C=C/C(=O)O)c(Cl)c2c1. The molecule has 2 rings (SSSR count). The van der Waals surface area contributed by atoms with E-state index in [1.807, 2.05) is 0 Å². The number of carboxylic acids is 1. The summed E-state index contributed by atoms with van der Waals surface area (Å²) in [6, 6.07) is 5.35. The summed E-state index contributed by atoms with van der Waals surface area (Å²) in [5, 5.41) is 9.77. The maximum Gasteiger partial charge on any atom is 0.328 e. The Morgan fingerprint density at radius 3 is 2.94 bits per heavy atom. The lowest BCUT2D eigenvalue weighted by Crippen LogP contribution is -1.89. The summed E-state index contributed by atoms with van der Waals surface area (Å²) in [4.78, 5) is 14.7. The molecule has 0 bridgehead atoms. The first-order valence-corrected chi connectivity index (χ1v) is 5.53. The molecule has 0 radical (unpaired) electrons. The van der Waals surface area contributed by atoms with Crippen LogP contribution >= 0.6 is 11.6 Å². The Bertz CT molecular complexity index is 637. The monoisotopic (exact) mass is 263 g/mol. The zero-order valence-electron chi connectivity index (χ0n) is 9.55. The van der Waals surface area contributed by atoms with Gasteiger partial charge >= 0.3 is 5.97 Å². The number of hydrogen-bond donors (Lipinski definition) is 1. The Hall–Kier alpha value is -2.07. The highest BCUT2D eigenvalue weighted by Gasteiger charge is 2.06. The van der Waals surface area contributed by atoms with Crippen LogP contribution in [0.2, 0.25) is 5.02 Å². The Kier molecular flexibility index (Phi) is 3.48. The van der Waals surface area contributed by atoms with Gasteiger partial charge in [-0.15, -0.1) is 0 Å². The molecule has 2 aromatic rings. The Balaban J connectivity index is 2.58. The van der Waals surface area contributed by atoms with Crippen LogP contribution in [0.3, 0.4) is 0 Å². The van der Waals surface area contributed by atoms with Gasteiger partial charge in [0, 0.05) is 23.2 Å². The van der Waals surface area contributed by atoms with Crippen LogP contribution in [0.1, 0.15) is 5.56 Å². The second-order valence-corrected chi connectivity index (χ2v) is 3.96. The van der Waals surface area contributed by atoms with E-state index in [0.29, 0.717) is 16.3 Å². The maximum absolute atomic E-state index is 10.5. The lowest BCUT2D eigenvalue weighted by atomic mass is 10.1. The van der Waals surface area contributed by atoms with Gasteiger partial charge in [0.25, 0.3) is 0 Å². The molecule has 92 valence electrons. The number of ether oxygens (including phenoxy) is 1. The molecule has 1 aromatic heterocycles. The molecule has 1 aromatic carbocycles. The van der Waals surface area contributed by atoms with Crippen molar-refractivity contribution in [2.24, 2.45) is 0 Å². The van der Waals surface area contributed by atoms with Crippen LogP contribution in [0.5, 0.6) is 5.75 Å². The summed E-state index contributed by atoms with van der Waals surface area (Å²) < 4.78 is 5.12. The van der Waals surface area contributed by atoms with Gasteiger partial charge in [0.05, 0.1) is 17.6 Å². The molecule has 0 amide bonds. The molecule has 0 aliphatic rings. The van der Waals surface area contributed by atoms with Gasteiger partial charge in [-0.25, -0.2) is 4.79 Å². The lowest BCUT2D eigenvalue weighted by Gasteiger charge is -2.05. The molecular formula is C13H10ClNO3. The van der Waals surface area contributed by atoms with Gasteiger partial charge in [0.15, 0.2) is 0 Å². The Morgan fingerprint density at radius 1 is 1.50 bits per heavy atom. The number of methoxy groups -OCH3 is 1. The smallest absolute Gasteiger partial charge is 0.328 e. The number of pyridine rings is 1. The number of carboxylic acid groups (broad SMARTS) is 1. The average Bonchev–Trinajstić information content (AvgIpc) is 2.37. The number of nitrogens with zero attached hydrogens (tertiary/aromatic N) is 1. The second-order valence-electron chi connectivity index (χ2n) is 3.58. The summed E-state index contributed by atoms with van der Waals surface area (Å²) in [7, 11) is 1.57. The van der Waals surface area contributed by atoms with Crippen LogP contribution in [0.15, 0.2) is 30.5 Å². The van der Waals surface area contributed by atoms with E-state index in [9.17, 15) is 4.79 Å².